The number of carbonyl (C=O) groups is 1. The normalized spacial score (nSPS) is 42.5. The molecule has 4 atom stereocenters. The van der Waals surface area contributed by atoms with Gasteiger partial charge in [0.25, 0.3) is 0 Å². The highest BCUT2D eigenvalue weighted by atomic mass is 16.7. The van der Waals surface area contributed by atoms with Crippen LogP contribution in [-0.2, 0) is 9.53 Å². The SMILES string of the molecule is CCCCCCC12OC1(C)C(O)(C(=O)O)CCC2C1CCCCC1. The second kappa shape index (κ2) is 6.60. The van der Waals surface area contributed by atoms with E-state index in [9.17, 15) is 15.0 Å². The van der Waals surface area contributed by atoms with Crippen molar-refractivity contribution in [3.8, 4) is 0 Å². The van der Waals surface area contributed by atoms with Crippen LogP contribution < -0.4 is 0 Å². The highest BCUT2D eigenvalue weighted by Crippen LogP contribution is 2.68. The minimum absolute atomic E-state index is 0.330. The molecule has 3 aliphatic rings. The second-order valence-corrected chi connectivity index (χ2v) is 8.54. The van der Waals surface area contributed by atoms with Crippen molar-refractivity contribution in [3.05, 3.63) is 0 Å². The fourth-order valence-corrected chi connectivity index (χ4v) is 5.79. The molecule has 0 amide bonds. The Morgan fingerprint density at radius 1 is 1.12 bits per heavy atom. The van der Waals surface area contributed by atoms with Gasteiger partial charge in [-0.05, 0) is 38.0 Å². The quantitative estimate of drug-likeness (QED) is 0.536. The average molecular weight is 338 g/mol. The summed E-state index contributed by atoms with van der Waals surface area (Å²) in [5, 5.41) is 20.5. The Hall–Kier alpha value is -0.610. The molecule has 1 saturated heterocycles. The molecule has 138 valence electrons. The van der Waals surface area contributed by atoms with Gasteiger partial charge in [-0.3, -0.25) is 0 Å². The van der Waals surface area contributed by atoms with Gasteiger partial charge >= 0.3 is 5.97 Å². The first-order valence-corrected chi connectivity index (χ1v) is 10.1. The van der Waals surface area contributed by atoms with Gasteiger partial charge in [-0.15, -0.1) is 0 Å². The van der Waals surface area contributed by atoms with E-state index >= 15 is 0 Å². The van der Waals surface area contributed by atoms with Crippen molar-refractivity contribution < 1.29 is 19.7 Å². The van der Waals surface area contributed by atoms with Gasteiger partial charge in [-0.25, -0.2) is 4.79 Å². The topological polar surface area (TPSA) is 70.1 Å². The first kappa shape index (κ1) is 18.2. The highest BCUT2D eigenvalue weighted by Gasteiger charge is 2.82. The van der Waals surface area contributed by atoms with Crippen molar-refractivity contribution in [2.75, 3.05) is 0 Å². The number of fused-ring (bicyclic) bond motifs is 1. The van der Waals surface area contributed by atoms with Crippen molar-refractivity contribution in [3.63, 3.8) is 0 Å². The molecule has 4 nitrogen and oxygen atoms in total. The summed E-state index contributed by atoms with van der Waals surface area (Å²) in [6.07, 6.45) is 13.0. The third-order valence-corrected chi connectivity index (χ3v) is 7.33. The molecule has 3 rings (SSSR count). The minimum atomic E-state index is -1.72. The lowest BCUT2D eigenvalue weighted by atomic mass is 9.58. The lowest BCUT2D eigenvalue weighted by molar-refractivity contribution is -0.169. The van der Waals surface area contributed by atoms with E-state index in [1.54, 1.807) is 0 Å². The Bertz CT molecular complexity index is 472. The van der Waals surface area contributed by atoms with Gasteiger partial charge in [-0.2, -0.15) is 0 Å². The van der Waals surface area contributed by atoms with Crippen LogP contribution in [0.25, 0.3) is 0 Å². The van der Waals surface area contributed by atoms with Gasteiger partial charge in [0.1, 0.15) is 11.2 Å². The van der Waals surface area contributed by atoms with Crippen LogP contribution in [0, 0.1) is 11.8 Å². The van der Waals surface area contributed by atoms with E-state index in [1.807, 2.05) is 6.92 Å². The molecule has 4 unspecified atom stereocenters. The van der Waals surface area contributed by atoms with Crippen LogP contribution in [-0.4, -0.2) is 33.0 Å². The van der Waals surface area contributed by atoms with Gasteiger partial charge in [0.15, 0.2) is 5.60 Å². The Balaban J connectivity index is 1.81. The van der Waals surface area contributed by atoms with Gasteiger partial charge < -0.3 is 14.9 Å². The Morgan fingerprint density at radius 2 is 1.83 bits per heavy atom. The Kier molecular flexibility index (Phi) is 5.00. The molecule has 0 aromatic carbocycles. The molecule has 0 aromatic heterocycles. The molecule has 3 fully saturated rings. The number of unbranched alkanes of at least 4 members (excludes halogenated alkanes) is 3. The van der Waals surface area contributed by atoms with E-state index in [1.165, 1.54) is 51.4 Å². The standard InChI is InChI=1S/C20H34O4/c1-3-4-5-9-13-20-16(15-10-7-6-8-11-15)12-14-19(23,17(21)22)18(20,2)24-20/h15-16,23H,3-14H2,1-2H3,(H,21,22). The van der Waals surface area contributed by atoms with Crippen molar-refractivity contribution >= 4 is 5.97 Å². The summed E-state index contributed by atoms with van der Waals surface area (Å²) in [6.45, 7) is 4.06. The molecular formula is C20H34O4. The number of aliphatic carboxylic acids is 1. The van der Waals surface area contributed by atoms with Crippen LogP contribution in [0.15, 0.2) is 0 Å². The van der Waals surface area contributed by atoms with Gasteiger partial charge in [-0.1, -0.05) is 64.7 Å². The van der Waals surface area contributed by atoms with E-state index < -0.39 is 22.8 Å². The minimum Gasteiger partial charge on any atom is -0.479 e. The third-order valence-electron chi connectivity index (χ3n) is 7.33. The maximum Gasteiger partial charge on any atom is 0.338 e. The summed E-state index contributed by atoms with van der Waals surface area (Å²) in [4.78, 5) is 11.8. The zero-order valence-corrected chi connectivity index (χ0v) is 15.4. The molecule has 0 spiro atoms. The zero-order chi connectivity index (χ0) is 17.4. The number of epoxide rings is 1. The predicted octanol–water partition coefficient (Wildman–Crippen LogP) is 4.29. The van der Waals surface area contributed by atoms with Crippen LogP contribution in [0.2, 0.25) is 0 Å². The van der Waals surface area contributed by atoms with Crippen molar-refractivity contribution in [1.82, 2.24) is 0 Å². The summed E-state index contributed by atoms with van der Waals surface area (Å²) in [5.41, 5.74) is -3.03. The highest BCUT2D eigenvalue weighted by molar-refractivity contribution is 5.80. The van der Waals surface area contributed by atoms with Crippen molar-refractivity contribution in [1.29, 1.82) is 0 Å². The van der Waals surface area contributed by atoms with Gasteiger partial charge in [0.05, 0.1) is 0 Å². The fourth-order valence-electron chi connectivity index (χ4n) is 5.79. The predicted molar refractivity (Wildman–Crippen MR) is 92.9 cm³/mol. The monoisotopic (exact) mass is 338 g/mol. The zero-order valence-electron chi connectivity index (χ0n) is 15.4. The molecule has 1 aliphatic heterocycles. The van der Waals surface area contributed by atoms with E-state index in [-0.39, 0.29) is 0 Å². The van der Waals surface area contributed by atoms with E-state index in [4.69, 9.17) is 4.74 Å². The Labute approximate surface area is 146 Å². The number of ether oxygens (including phenoxy) is 1. The third kappa shape index (κ3) is 2.61. The molecule has 0 radical (unpaired) electrons. The molecule has 2 saturated carbocycles. The van der Waals surface area contributed by atoms with E-state index in [2.05, 4.69) is 6.92 Å². The molecule has 0 aromatic rings. The molecule has 0 bridgehead atoms. The molecule has 24 heavy (non-hydrogen) atoms. The molecular weight excluding hydrogens is 304 g/mol. The number of rotatable bonds is 7. The van der Waals surface area contributed by atoms with Crippen LogP contribution in [0.3, 0.4) is 0 Å². The van der Waals surface area contributed by atoms with Gasteiger partial charge in [0.2, 0.25) is 0 Å². The van der Waals surface area contributed by atoms with E-state index in [0.29, 0.717) is 18.3 Å². The van der Waals surface area contributed by atoms with Crippen LogP contribution in [0.5, 0.6) is 0 Å². The lowest BCUT2D eigenvalue weighted by Gasteiger charge is -2.43. The molecule has 2 N–H and O–H groups in total. The Morgan fingerprint density at radius 3 is 2.46 bits per heavy atom. The van der Waals surface area contributed by atoms with Crippen LogP contribution >= 0.6 is 0 Å². The van der Waals surface area contributed by atoms with Crippen molar-refractivity contribution in [2.24, 2.45) is 11.8 Å². The van der Waals surface area contributed by atoms with Gasteiger partial charge in [0, 0.05) is 0 Å². The average Bonchev–Trinajstić information content (AvgIpc) is 3.21. The molecule has 4 heteroatoms. The maximum absolute atomic E-state index is 11.8. The van der Waals surface area contributed by atoms with Crippen molar-refractivity contribution in [2.45, 2.75) is 108 Å². The van der Waals surface area contributed by atoms with E-state index in [0.717, 1.165) is 19.3 Å². The van der Waals surface area contributed by atoms with Crippen LogP contribution in [0.4, 0.5) is 0 Å². The first-order chi connectivity index (χ1) is 11.4. The molecule has 2 aliphatic carbocycles. The first-order valence-electron chi connectivity index (χ1n) is 10.1. The fraction of sp³-hybridized carbons (Fsp3) is 0.950. The largest absolute Gasteiger partial charge is 0.479 e. The number of aliphatic hydroxyl groups is 1. The number of carboxylic acids is 1. The summed E-state index contributed by atoms with van der Waals surface area (Å²) in [6, 6.07) is 0. The summed E-state index contributed by atoms with van der Waals surface area (Å²) in [5.74, 6) is -0.0447. The smallest absolute Gasteiger partial charge is 0.338 e. The number of hydrogen-bond donors (Lipinski definition) is 2. The lowest BCUT2D eigenvalue weighted by Crippen LogP contribution is -2.59. The summed E-state index contributed by atoms with van der Waals surface area (Å²) >= 11 is 0. The summed E-state index contributed by atoms with van der Waals surface area (Å²) in [7, 11) is 0. The number of hydrogen-bond acceptors (Lipinski definition) is 3. The maximum atomic E-state index is 11.8. The van der Waals surface area contributed by atoms with Crippen LogP contribution in [0.1, 0.15) is 90.9 Å². The summed E-state index contributed by atoms with van der Waals surface area (Å²) < 4.78 is 6.25. The second-order valence-electron chi connectivity index (χ2n) is 8.54. The number of carboxylic acid groups (broad SMARTS) is 1. The molecule has 1 heterocycles.